The highest BCUT2D eigenvalue weighted by Gasteiger charge is 2.20. The van der Waals surface area contributed by atoms with Crippen molar-refractivity contribution >= 4 is 17.3 Å². The predicted octanol–water partition coefficient (Wildman–Crippen LogP) is 4.62. The number of amides is 1. The van der Waals surface area contributed by atoms with Gasteiger partial charge in [0, 0.05) is 31.5 Å². The standard InChI is InChI=1S/C30H37N3O3/c1-32(30(34)22-31-18-17-23-13-16-28(35-2)29(21-23)36-3)19-8-20-33-26-11-6-4-9-24(26)14-15-25-10-5-7-12-27(25)33/h4-7,9-13,16,21,31H,8,14-15,17-20,22H2,1-3H3. The molecule has 1 heterocycles. The first-order chi connectivity index (χ1) is 17.6. The molecule has 0 fully saturated rings. The van der Waals surface area contributed by atoms with Crippen LogP contribution in [0.2, 0.25) is 0 Å². The van der Waals surface area contributed by atoms with Crippen LogP contribution in [0, 0.1) is 0 Å². The molecular formula is C30H37N3O3. The van der Waals surface area contributed by atoms with Crippen molar-refractivity contribution in [3.63, 3.8) is 0 Å². The molecular weight excluding hydrogens is 450 g/mol. The first kappa shape index (κ1) is 25.6. The maximum atomic E-state index is 12.7. The highest BCUT2D eigenvalue weighted by Crippen LogP contribution is 2.35. The molecule has 1 N–H and O–H groups in total. The number of para-hydroxylation sites is 2. The number of likely N-dealkylation sites (N-methyl/N-ethyl adjacent to an activating group) is 1. The summed E-state index contributed by atoms with van der Waals surface area (Å²) in [5, 5.41) is 3.28. The van der Waals surface area contributed by atoms with Crippen LogP contribution in [0.3, 0.4) is 0 Å². The van der Waals surface area contributed by atoms with Gasteiger partial charge >= 0.3 is 0 Å². The Labute approximate surface area is 214 Å². The molecule has 3 aromatic rings. The smallest absolute Gasteiger partial charge is 0.236 e. The Morgan fingerprint density at radius 3 is 2.19 bits per heavy atom. The minimum atomic E-state index is 0.110. The highest BCUT2D eigenvalue weighted by molar-refractivity contribution is 5.78. The van der Waals surface area contributed by atoms with Crippen molar-refractivity contribution in [2.75, 3.05) is 52.3 Å². The first-order valence-corrected chi connectivity index (χ1v) is 12.7. The zero-order valence-electron chi connectivity index (χ0n) is 21.6. The zero-order valence-corrected chi connectivity index (χ0v) is 21.6. The third-order valence-corrected chi connectivity index (χ3v) is 6.84. The molecule has 6 nitrogen and oxygen atoms in total. The van der Waals surface area contributed by atoms with Gasteiger partial charge in [-0.1, -0.05) is 42.5 Å². The van der Waals surface area contributed by atoms with Crippen molar-refractivity contribution in [1.29, 1.82) is 0 Å². The molecule has 36 heavy (non-hydrogen) atoms. The molecule has 0 saturated carbocycles. The van der Waals surface area contributed by atoms with Gasteiger partial charge in [-0.25, -0.2) is 0 Å². The molecule has 0 spiro atoms. The third kappa shape index (κ3) is 6.18. The van der Waals surface area contributed by atoms with E-state index < -0.39 is 0 Å². The van der Waals surface area contributed by atoms with Gasteiger partial charge in [0.2, 0.25) is 5.91 Å². The molecule has 1 aliphatic rings. The van der Waals surface area contributed by atoms with Crippen LogP contribution in [0.25, 0.3) is 0 Å². The molecule has 0 radical (unpaired) electrons. The number of carbonyl (C=O) groups excluding carboxylic acids is 1. The minimum absolute atomic E-state index is 0.110. The number of rotatable bonds is 11. The molecule has 0 bridgehead atoms. The minimum Gasteiger partial charge on any atom is -0.493 e. The van der Waals surface area contributed by atoms with Crippen molar-refractivity contribution in [1.82, 2.24) is 10.2 Å². The van der Waals surface area contributed by atoms with Gasteiger partial charge in [0.15, 0.2) is 11.5 Å². The Hall–Kier alpha value is -3.51. The molecule has 0 saturated heterocycles. The Kier molecular flexibility index (Phi) is 8.85. The van der Waals surface area contributed by atoms with Crippen LogP contribution in [-0.4, -0.2) is 58.3 Å². The van der Waals surface area contributed by atoms with Crippen LogP contribution < -0.4 is 19.7 Å². The summed E-state index contributed by atoms with van der Waals surface area (Å²) >= 11 is 0. The molecule has 4 rings (SSSR count). The first-order valence-electron chi connectivity index (χ1n) is 12.7. The van der Waals surface area contributed by atoms with Crippen LogP contribution in [0.5, 0.6) is 11.5 Å². The summed E-state index contributed by atoms with van der Waals surface area (Å²) in [7, 11) is 5.16. The van der Waals surface area contributed by atoms with E-state index in [9.17, 15) is 4.79 Å². The fourth-order valence-corrected chi connectivity index (χ4v) is 4.80. The summed E-state index contributed by atoms with van der Waals surface area (Å²) in [6, 6.07) is 23.3. The SMILES string of the molecule is COc1ccc(CCNCC(=O)N(C)CCCN2c3ccccc3CCc3ccccc32)cc1OC. The topological polar surface area (TPSA) is 54.0 Å². The van der Waals surface area contributed by atoms with Crippen LogP contribution in [0.1, 0.15) is 23.1 Å². The van der Waals surface area contributed by atoms with E-state index in [4.69, 9.17) is 9.47 Å². The average molecular weight is 488 g/mol. The molecule has 1 aliphatic heterocycles. The van der Waals surface area contributed by atoms with E-state index >= 15 is 0 Å². The lowest BCUT2D eigenvalue weighted by Crippen LogP contribution is -2.37. The fourth-order valence-electron chi connectivity index (χ4n) is 4.80. The summed E-state index contributed by atoms with van der Waals surface area (Å²) in [6.45, 7) is 2.64. The van der Waals surface area contributed by atoms with E-state index in [0.717, 1.165) is 62.4 Å². The van der Waals surface area contributed by atoms with Gasteiger partial charge in [-0.05, 0) is 73.2 Å². The lowest BCUT2D eigenvalue weighted by molar-refractivity contribution is -0.128. The molecule has 0 unspecified atom stereocenters. The largest absolute Gasteiger partial charge is 0.493 e. The van der Waals surface area contributed by atoms with E-state index in [1.165, 1.54) is 22.5 Å². The number of nitrogens with zero attached hydrogens (tertiary/aromatic N) is 2. The van der Waals surface area contributed by atoms with E-state index in [1.807, 2.05) is 30.1 Å². The van der Waals surface area contributed by atoms with Crippen molar-refractivity contribution in [2.45, 2.75) is 25.7 Å². The second-order valence-electron chi connectivity index (χ2n) is 9.19. The second-order valence-corrected chi connectivity index (χ2v) is 9.19. The van der Waals surface area contributed by atoms with Crippen LogP contribution in [0.15, 0.2) is 66.7 Å². The van der Waals surface area contributed by atoms with Gasteiger partial charge in [-0.15, -0.1) is 0 Å². The molecule has 1 amide bonds. The number of ether oxygens (including phenoxy) is 2. The lowest BCUT2D eigenvalue weighted by atomic mass is 10.0. The number of nitrogens with one attached hydrogen (secondary N) is 1. The zero-order chi connectivity index (χ0) is 25.3. The van der Waals surface area contributed by atoms with Crippen molar-refractivity contribution < 1.29 is 14.3 Å². The number of carbonyl (C=O) groups is 1. The number of hydrogen-bond donors (Lipinski definition) is 1. The predicted molar refractivity (Wildman–Crippen MR) is 146 cm³/mol. The number of fused-ring (bicyclic) bond motifs is 2. The number of anilines is 2. The van der Waals surface area contributed by atoms with Gasteiger partial charge in [-0.2, -0.15) is 0 Å². The number of methoxy groups -OCH3 is 2. The Bertz CT molecular complexity index is 1120. The van der Waals surface area contributed by atoms with E-state index in [0.29, 0.717) is 6.54 Å². The van der Waals surface area contributed by atoms with Crippen molar-refractivity contribution in [3.05, 3.63) is 83.4 Å². The van der Waals surface area contributed by atoms with Gasteiger partial charge in [0.05, 0.1) is 20.8 Å². The van der Waals surface area contributed by atoms with Gasteiger partial charge in [0.1, 0.15) is 0 Å². The summed E-state index contributed by atoms with van der Waals surface area (Å²) in [5.74, 6) is 1.55. The molecule has 6 heteroatoms. The Morgan fingerprint density at radius 2 is 1.56 bits per heavy atom. The fraction of sp³-hybridized carbons (Fsp3) is 0.367. The number of hydrogen-bond acceptors (Lipinski definition) is 5. The Morgan fingerprint density at radius 1 is 0.917 bits per heavy atom. The number of benzene rings is 3. The van der Waals surface area contributed by atoms with E-state index in [2.05, 4.69) is 58.7 Å². The molecule has 0 aliphatic carbocycles. The van der Waals surface area contributed by atoms with Gasteiger partial charge in [-0.3, -0.25) is 4.79 Å². The molecule has 0 atom stereocenters. The molecule has 0 aromatic heterocycles. The Balaban J connectivity index is 1.25. The van der Waals surface area contributed by atoms with Crippen molar-refractivity contribution in [3.8, 4) is 11.5 Å². The summed E-state index contributed by atoms with van der Waals surface area (Å²) in [5.41, 5.74) is 6.48. The summed E-state index contributed by atoms with van der Waals surface area (Å²) < 4.78 is 10.7. The van der Waals surface area contributed by atoms with E-state index in [-0.39, 0.29) is 5.91 Å². The van der Waals surface area contributed by atoms with Crippen LogP contribution in [-0.2, 0) is 24.1 Å². The molecule has 3 aromatic carbocycles. The van der Waals surface area contributed by atoms with Crippen LogP contribution in [0.4, 0.5) is 11.4 Å². The maximum Gasteiger partial charge on any atom is 0.236 e. The van der Waals surface area contributed by atoms with Gasteiger partial charge in [0.25, 0.3) is 0 Å². The van der Waals surface area contributed by atoms with Crippen molar-refractivity contribution in [2.24, 2.45) is 0 Å². The monoisotopic (exact) mass is 487 g/mol. The maximum absolute atomic E-state index is 12.7. The lowest BCUT2D eigenvalue weighted by Gasteiger charge is -2.28. The molecule has 190 valence electrons. The van der Waals surface area contributed by atoms with Gasteiger partial charge < -0.3 is 24.6 Å². The summed E-state index contributed by atoms with van der Waals surface area (Å²) in [4.78, 5) is 16.9. The van der Waals surface area contributed by atoms with E-state index in [1.54, 1.807) is 14.2 Å². The summed E-state index contributed by atoms with van der Waals surface area (Å²) in [6.07, 6.45) is 3.82. The quantitative estimate of drug-likeness (QED) is 0.400. The third-order valence-electron chi connectivity index (χ3n) is 6.84. The highest BCUT2D eigenvalue weighted by atomic mass is 16.5. The van der Waals surface area contributed by atoms with Crippen LogP contribution >= 0.6 is 0 Å². The number of aryl methyl sites for hydroxylation is 2. The average Bonchev–Trinajstić information content (AvgIpc) is 3.08. The normalized spacial score (nSPS) is 12.4. The second kappa shape index (κ2) is 12.5.